The van der Waals surface area contributed by atoms with Crippen LogP contribution in [-0.2, 0) is 6.54 Å². The Labute approximate surface area is 220 Å². The minimum absolute atomic E-state index is 0.00698. The SMILES string of the molecule is CCC1(NC(=O)N2CCCC(c3cc(NCc4cccnc4)n4ncc(Br)c4n3)C2)C2CCC1CC2. The maximum absolute atomic E-state index is 13.5. The van der Waals surface area contributed by atoms with Gasteiger partial charge in [0.25, 0.3) is 0 Å². The van der Waals surface area contributed by atoms with Crippen molar-refractivity contribution < 1.29 is 4.79 Å². The highest BCUT2D eigenvalue weighted by atomic mass is 79.9. The molecule has 1 unspecified atom stereocenters. The van der Waals surface area contributed by atoms with E-state index in [1.165, 1.54) is 25.7 Å². The van der Waals surface area contributed by atoms with E-state index >= 15 is 0 Å². The summed E-state index contributed by atoms with van der Waals surface area (Å²) in [5.41, 5.74) is 2.89. The minimum atomic E-state index is 0.00698. The second kappa shape index (κ2) is 9.65. The molecule has 2 aliphatic carbocycles. The number of piperidine rings is 1. The van der Waals surface area contributed by atoms with E-state index in [9.17, 15) is 4.79 Å². The van der Waals surface area contributed by atoms with Gasteiger partial charge in [0.2, 0.25) is 0 Å². The minimum Gasteiger partial charge on any atom is -0.366 e. The molecule has 1 aliphatic heterocycles. The summed E-state index contributed by atoms with van der Waals surface area (Å²) in [6.07, 6.45) is 13.5. The number of aromatic nitrogens is 4. The zero-order valence-corrected chi connectivity index (χ0v) is 22.4. The number of hydrogen-bond acceptors (Lipinski definition) is 5. The third kappa shape index (κ3) is 4.15. The lowest BCUT2D eigenvalue weighted by molar-refractivity contribution is 0.151. The summed E-state index contributed by atoms with van der Waals surface area (Å²) in [6, 6.07) is 6.20. The van der Waals surface area contributed by atoms with E-state index in [1.54, 1.807) is 12.4 Å². The van der Waals surface area contributed by atoms with Crippen LogP contribution < -0.4 is 10.6 Å². The summed E-state index contributed by atoms with van der Waals surface area (Å²) in [4.78, 5) is 24.7. The second-order valence-electron chi connectivity index (χ2n) is 10.7. The van der Waals surface area contributed by atoms with Crippen molar-refractivity contribution in [1.82, 2.24) is 29.8 Å². The summed E-state index contributed by atoms with van der Waals surface area (Å²) >= 11 is 3.61. The van der Waals surface area contributed by atoms with Crippen molar-refractivity contribution in [3.63, 3.8) is 0 Å². The van der Waals surface area contributed by atoms with Gasteiger partial charge in [-0.15, -0.1) is 0 Å². The van der Waals surface area contributed by atoms with Gasteiger partial charge < -0.3 is 15.5 Å². The van der Waals surface area contributed by atoms with Crippen molar-refractivity contribution >= 4 is 33.4 Å². The number of rotatable bonds is 6. The molecule has 2 amide bonds. The maximum Gasteiger partial charge on any atom is 0.317 e. The van der Waals surface area contributed by atoms with Crippen molar-refractivity contribution in [2.75, 3.05) is 18.4 Å². The molecule has 4 heterocycles. The van der Waals surface area contributed by atoms with Crippen molar-refractivity contribution in [1.29, 1.82) is 0 Å². The van der Waals surface area contributed by atoms with Gasteiger partial charge in [-0.3, -0.25) is 4.98 Å². The molecule has 0 spiro atoms. The standard InChI is InChI=1S/C27H34BrN7O/c1-2-27(20-7-8-21(27)10-9-20)33-26(36)34-12-4-6-19(17-34)23-13-24(30-15-18-5-3-11-29-14-18)35-25(32-23)22(28)16-31-35/h3,5,11,13-14,16,19-21,30H,2,4,6-10,12,15,17H2,1H3,(H,33,36). The predicted molar refractivity (Wildman–Crippen MR) is 143 cm³/mol. The third-order valence-electron chi connectivity index (χ3n) is 8.88. The Morgan fingerprint density at radius 2 is 2.00 bits per heavy atom. The number of halogens is 1. The summed E-state index contributed by atoms with van der Waals surface area (Å²) < 4.78 is 2.69. The molecule has 0 radical (unpaired) electrons. The van der Waals surface area contributed by atoms with E-state index in [0.717, 1.165) is 53.0 Å². The van der Waals surface area contributed by atoms with Crippen LogP contribution in [0.1, 0.15) is 69.0 Å². The number of carbonyl (C=O) groups is 1. The number of nitrogens with one attached hydrogen (secondary N) is 2. The number of hydrogen-bond donors (Lipinski definition) is 2. The fourth-order valence-electron chi connectivity index (χ4n) is 6.99. The van der Waals surface area contributed by atoms with Crippen LogP contribution >= 0.6 is 15.9 Å². The van der Waals surface area contributed by atoms with E-state index in [1.807, 2.05) is 21.7 Å². The highest BCUT2D eigenvalue weighted by Gasteiger charge is 2.54. The fourth-order valence-corrected chi connectivity index (χ4v) is 7.34. The average molecular weight is 553 g/mol. The van der Waals surface area contributed by atoms with Crippen molar-refractivity contribution in [3.8, 4) is 0 Å². The zero-order valence-electron chi connectivity index (χ0n) is 20.8. The maximum atomic E-state index is 13.5. The van der Waals surface area contributed by atoms with Crippen LogP contribution in [0, 0.1) is 11.8 Å². The molecule has 0 aromatic carbocycles. The zero-order chi connectivity index (χ0) is 24.7. The quantitative estimate of drug-likeness (QED) is 0.430. The molecule has 1 atom stereocenters. The molecule has 2 saturated carbocycles. The first kappa shape index (κ1) is 23.7. The Kier molecular flexibility index (Phi) is 6.35. The van der Waals surface area contributed by atoms with Crippen molar-refractivity contribution in [2.45, 2.75) is 69.9 Å². The predicted octanol–water partition coefficient (Wildman–Crippen LogP) is 5.36. The summed E-state index contributed by atoms with van der Waals surface area (Å²) in [6.45, 7) is 4.39. The van der Waals surface area contributed by atoms with E-state index in [-0.39, 0.29) is 17.5 Å². The molecule has 3 aliphatic rings. The first-order valence-corrected chi connectivity index (χ1v) is 14.1. The first-order chi connectivity index (χ1) is 17.6. The molecule has 3 aromatic heterocycles. The van der Waals surface area contributed by atoms with E-state index in [0.29, 0.717) is 24.9 Å². The molecule has 2 N–H and O–H groups in total. The number of nitrogens with zero attached hydrogens (tertiary/aromatic N) is 5. The highest BCUT2D eigenvalue weighted by Crippen LogP contribution is 2.53. The molecule has 36 heavy (non-hydrogen) atoms. The lowest BCUT2D eigenvalue weighted by Gasteiger charge is -2.39. The lowest BCUT2D eigenvalue weighted by Crippen LogP contribution is -2.57. The van der Waals surface area contributed by atoms with Crippen LogP contribution in [0.3, 0.4) is 0 Å². The topological polar surface area (TPSA) is 87.5 Å². The van der Waals surface area contributed by atoms with Gasteiger partial charge in [-0.2, -0.15) is 9.61 Å². The smallest absolute Gasteiger partial charge is 0.317 e. The number of carbonyl (C=O) groups excluding carboxylic acids is 1. The fraction of sp³-hybridized carbons (Fsp3) is 0.556. The number of amides is 2. The van der Waals surface area contributed by atoms with Gasteiger partial charge in [-0.25, -0.2) is 9.78 Å². The molecule has 1 saturated heterocycles. The van der Waals surface area contributed by atoms with Gasteiger partial charge in [-0.05, 0) is 84.3 Å². The Balaban J connectivity index is 1.21. The summed E-state index contributed by atoms with van der Waals surface area (Å²) in [5, 5.41) is 11.6. The second-order valence-corrected chi connectivity index (χ2v) is 11.5. The molecule has 3 aromatic rings. The summed E-state index contributed by atoms with van der Waals surface area (Å²) in [5.74, 6) is 2.37. The van der Waals surface area contributed by atoms with Gasteiger partial charge >= 0.3 is 6.03 Å². The average Bonchev–Trinajstić information content (AvgIpc) is 3.58. The lowest BCUT2D eigenvalue weighted by atomic mass is 9.84. The molecule has 9 heteroatoms. The monoisotopic (exact) mass is 551 g/mol. The van der Waals surface area contributed by atoms with Gasteiger partial charge in [0, 0.05) is 49.6 Å². The van der Waals surface area contributed by atoms with E-state index in [4.69, 9.17) is 4.98 Å². The van der Waals surface area contributed by atoms with Crippen molar-refractivity contribution in [2.24, 2.45) is 11.8 Å². The van der Waals surface area contributed by atoms with E-state index < -0.39 is 0 Å². The van der Waals surface area contributed by atoms with Gasteiger partial charge in [0.1, 0.15) is 5.82 Å². The Morgan fingerprint density at radius 1 is 1.19 bits per heavy atom. The normalized spacial score (nSPS) is 27.5. The van der Waals surface area contributed by atoms with Crippen molar-refractivity contribution in [3.05, 3.63) is 52.5 Å². The van der Waals surface area contributed by atoms with Crippen LogP contribution in [0.4, 0.5) is 10.6 Å². The number of fused-ring (bicyclic) bond motifs is 3. The molecular formula is C27H34BrN7O. The summed E-state index contributed by atoms with van der Waals surface area (Å²) in [7, 11) is 0. The third-order valence-corrected chi connectivity index (χ3v) is 9.44. The van der Waals surface area contributed by atoms with Crippen LogP contribution in [-0.4, -0.2) is 49.1 Å². The largest absolute Gasteiger partial charge is 0.366 e. The number of pyridine rings is 1. The molecule has 2 bridgehead atoms. The first-order valence-electron chi connectivity index (χ1n) is 13.3. The van der Waals surface area contributed by atoms with Crippen LogP contribution in [0.5, 0.6) is 0 Å². The molecule has 3 fully saturated rings. The number of urea groups is 1. The number of likely N-dealkylation sites (tertiary alicyclic amines) is 1. The van der Waals surface area contributed by atoms with Gasteiger partial charge in [0.15, 0.2) is 5.65 Å². The van der Waals surface area contributed by atoms with Gasteiger partial charge in [0.05, 0.1) is 16.4 Å². The molecule has 8 nitrogen and oxygen atoms in total. The van der Waals surface area contributed by atoms with Crippen LogP contribution in [0.15, 0.2) is 41.3 Å². The van der Waals surface area contributed by atoms with Gasteiger partial charge in [-0.1, -0.05) is 13.0 Å². The Hall–Kier alpha value is -2.68. The Bertz CT molecular complexity index is 1230. The molecule has 190 valence electrons. The van der Waals surface area contributed by atoms with Crippen LogP contribution in [0.2, 0.25) is 0 Å². The van der Waals surface area contributed by atoms with E-state index in [2.05, 4.69) is 55.7 Å². The highest BCUT2D eigenvalue weighted by molar-refractivity contribution is 9.10. The Morgan fingerprint density at radius 3 is 2.72 bits per heavy atom. The van der Waals surface area contributed by atoms with Crippen LogP contribution in [0.25, 0.3) is 5.65 Å². The molecule has 6 rings (SSSR count). The number of anilines is 1. The molecular weight excluding hydrogens is 518 g/mol.